The third-order valence-electron chi connectivity index (χ3n) is 4.63. The minimum absolute atomic E-state index is 0.0791. The zero-order valence-corrected chi connectivity index (χ0v) is 11.8. The van der Waals surface area contributed by atoms with Gasteiger partial charge in [-0.3, -0.25) is 0 Å². The summed E-state index contributed by atoms with van der Waals surface area (Å²) >= 11 is 0. The molecule has 0 amide bonds. The lowest BCUT2D eigenvalue weighted by Gasteiger charge is -2.49. The third kappa shape index (κ3) is 2.08. The van der Waals surface area contributed by atoms with E-state index in [9.17, 15) is 10.2 Å². The average molecular weight is 248 g/mol. The van der Waals surface area contributed by atoms with Gasteiger partial charge in [-0.05, 0) is 24.7 Å². The Morgan fingerprint density at radius 1 is 1.28 bits per heavy atom. The summed E-state index contributed by atoms with van der Waals surface area (Å²) in [6, 6.07) is 0. The molecular weight excluding hydrogens is 224 g/mol. The number of allylic oxidation sites excluding steroid dienone is 6. The van der Waals surface area contributed by atoms with Crippen LogP contribution in [0.2, 0.25) is 0 Å². The molecule has 2 N–H and O–H groups in total. The second-order valence-corrected chi connectivity index (χ2v) is 6.53. The maximum absolute atomic E-state index is 9.34. The van der Waals surface area contributed by atoms with Crippen LogP contribution >= 0.6 is 0 Å². The summed E-state index contributed by atoms with van der Waals surface area (Å²) in [5.74, 6) is 0.174. The summed E-state index contributed by atoms with van der Waals surface area (Å²) in [6.07, 6.45) is 9.09. The molecule has 100 valence electrons. The Kier molecular flexibility index (Phi) is 3.28. The van der Waals surface area contributed by atoms with Crippen LogP contribution in [0.3, 0.4) is 0 Å². The topological polar surface area (TPSA) is 40.5 Å². The van der Waals surface area contributed by atoms with E-state index in [0.717, 1.165) is 6.42 Å². The van der Waals surface area contributed by atoms with E-state index in [0.29, 0.717) is 6.42 Å². The number of hydrogen-bond donors (Lipinski definition) is 2. The Labute approximate surface area is 110 Å². The average Bonchev–Trinajstić information content (AvgIpc) is 2.22. The molecule has 0 spiro atoms. The number of fused-ring (bicyclic) bond motifs is 1. The first-order valence-corrected chi connectivity index (χ1v) is 6.70. The van der Waals surface area contributed by atoms with E-state index < -0.39 is 6.29 Å². The first kappa shape index (κ1) is 13.6. The molecule has 0 heterocycles. The number of aliphatic hydroxyl groups excluding tert-OH is 1. The molecule has 0 saturated carbocycles. The molecule has 2 aliphatic carbocycles. The summed E-state index contributed by atoms with van der Waals surface area (Å²) in [5.41, 5.74) is 2.72. The normalized spacial score (nSPS) is 34.1. The van der Waals surface area contributed by atoms with Gasteiger partial charge in [0.15, 0.2) is 6.29 Å². The SMILES string of the molecule is CC1=CC=C2C(C)(C)CC=CC2(C)C1CC(O)O. The summed E-state index contributed by atoms with van der Waals surface area (Å²) in [4.78, 5) is 0. The Balaban J connectivity index is 2.47. The molecule has 0 aromatic carbocycles. The van der Waals surface area contributed by atoms with Gasteiger partial charge in [-0.15, -0.1) is 0 Å². The van der Waals surface area contributed by atoms with Crippen LogP contribution in [0.4, 0.5) is 0 Å². The highest BCUT2D eigenvalue weighted by Gasteiger charge is 2.45. The molecule has 2 unspecified atom stereocenters. The van der Waals surface area contributed by atoms with Crippen LogP contribution in [0.1, 0.15) is 40.5 Å². The van der Waals surface area contributed by atoms with Gasteiger partial charge in [0.2, 0.25) is 0 Å². The zero-order chi connectivity index (χ0) is 13.6. The molecule has 2 rings (SSSR count). The van der Waals surface area contributed by atoms with Gasteiger partial charge in [-0.25, -0.2) is 0 Å². The molecule has 2 nitrogen and oxygen atoms in total. The molecule has 2 atom stereocenters. The van der Waals surface area contributed by atoms with E-state index in [1.165, 1.54) is 11.1 Å². The standard InChI is InChI=1S/C16H24O2/c1-11-6-7-13-15(2,3)8-5-9-16(13,4)12(11)10-14(17)18/h5-7,9,12,14,17-18H,8,10H2,1-4H3. The van der Waals surface area contributed by atoms with E-state index in [1.54, 1.807) is 0 Å². The molecule has 2 aliphatic rings. The molecule has 2 heteroatoms. The van der Waals surface area contributed by atoms with Crippen LogP contribution in [0.5, 0.6) is 0 Å². The molecule has 18 heavy (non-hydrogen) atoms. The largest absolute Gasteiger partial charge is 0.368 e. The minimum atomic E-state index is -1.24. The van der Waals surface area contributed by atoms with Crippen molar-refractivity contribution in [2.45, 2.75) is 46.8 Å². The quantitative estimate of drug-likeness (QED) is 0.582. The van der Waals surface area contributed by atoms with Crippen molar-refractivity contribution in [2.75, 3.05) is 0 Å². The van der Waals surface area contributed by atoms with Gasteiger partial charge in [-0.1, -0.05) is 56.2 Å². The lowest BCUT2D eigenvalue weighted by molar-refractivity contribution is -0.0603. The van der Waals surface area contributed by atoms with Crippen molar-refractivity contribution in [3.63, 3.8) is 0 Å². The van der Waals surface area contributed by atoms with Gasteiger partial charge in [0.1, 0.15) is 0 Å². The van der Waals surface area contributed by atoms with E-state index >= 15 is 0 Å². The summed E-state index contributed by atoms with van der Waals surface area (Å²) in [6.45, 7) is 8.84. The van der Waals surface area contributed by atoms with Crippen molar-refractivity contribution in [1.82, 2.24) is 0 Å². The van der Waals surface area contributed by atoms with Gasteiger partial charge in [0, 0.05) is 11.8 Å². The molecular formula is C16H24O2. The Bertz CT molecular complexity index is 426. The summed E-state index contributed by atoms with van der Waals surface area (Å²) in [5, 5.41) is 18.7. The van der Waals surface area contributed by atoms with Crippen molar-refractivity contribution < 1.29 is 10.2 Å². The lowest BCUT2D eigenvalue weighted by Crippen LogP contribution is -2.40. The molecule has 0 saturated heterocycles. The maximum Gasteiger partial charge on any atom is 0.152 e. The van der Waals surface area contributed by atoms with Crippen molar-refractivity contribution in [3.8, 4) is 0 Å². The third-order valence-corrected chi connectivity index (χ3v) is 4.63. The van der Waals surface area contributed by atoms with Gasteiger partial charge >= 0.3 is 0 Å². The summed E-state index contributed by atoms with van der Waals surface area (Å²) in [7, 11) is 0. The molecule has 0 aliphatic heterocycles. The molecule has 0 fully saturated rings. The van der Waals surface area contributed by atoms with E-state index in [1.807, 2.05) is 0 Å². The second kappa shape index (κ2) is 4.36. The van der Waals surface area contributed by atoms with E-state index in [4.69, 9.17) is 0 Å². The first-order valence-electron chi connectivity index (χ1n) is 6.70. The molecule has 0 bridgehead atoms. The predicted molar refractivity (Wildman–Crippen MR) is 73.8 cm³/mol. The van der Waals surface area contributed by atoms with Gasteiger partial charge in [0.25, 0.3) is 0 Å². The van der Waals surface area contributed by atoms with Crippen LogP contribution in [0.25, 0.3) is 0 Å². The fourth-order valence-electron chi connectivity index (χ4n) is 3.68. The van der Waals surface area contributed by atoms with Crippen LogP contribution in [-0.2, 0) is 0 Å². The van der Waals surface area contributed by atoms with Crippen LogP contribution in [0.15, 0.2) is 35.5 Å². The summed E-state index contributed by atoms with van der Waals surface area (Å²) < 4.78 is 0. The predicted octanol–water partition coefficient (Wildman–Crippen LogP) is 3.18. The molecule has 0 radical (unpaired) electrons. The van der Waals surface area contributed by atoms with Gasteiger partial charge in [0.05, 0.1) is 0 Å². The van der Waals surface area contributed by atoms with E-state index in [-0.39, 0.29) is 16.7 Å². The maximum atomic E-state index is 9.34. The first-order chi connectivity index (χ1) is 8.27. The monoisotopic (exact) mass is 248 g/mol. The highest BCUT2D eigenvalue weighted by atomic mass is 16.5. The fourth-order valence-corrected chi connectivity index (χ4v) is 3.68. The minimum Gasteiger partial charge on any atom is -0.368 e. The van der Waals surface area contributed by atoms with Crippen LogP contribution in [-0.4, -0.2) is 16.5 Å². The van der Waals surface area contributed by atoms with Crippen molar-refractivity contribution in [2.24, 2.45) is 16.7 Å². The highest BCUT2D eigenvalue weighted by Crippen LogP contribution is 2.55. The Morgan fingerprint density at radius 2 is 1.94 bits per heavy atom. The Hall–Kier alpha value is -0.860. The molecule has 0 aromatic heterocycles. The Morgan fingerprint density at radius 3 is 2.56 bits per heavy atom. The number of rotatable bonds is 2. The van der Waals surface area contributed by atoms with Gasteiger partial charge < -0.3 is 10.2 Å². The second-order valence-electron chi connectivity index (χ2n) is 6.53. The molecule has 0 aromatic rings. The van der Waals surface area contributed by atoms with Gasteiger partial charge in [-0.2, -0.15) is 0 Å². The van der Waals surface area contributed by atoms with Crippen molar-refractivity contribution in [1.29, 1.82) is 0 Å². The number of aliphatic hydroxyl groups is 2. The zero-order valence-electron chi connectivity index (χ0n) is 11.8. The fraction of sp³-hybridized carbons (Fsp3) is 0.625. The van der Waals surface area contributed by atoms with Crippen LogP contribution in [0, 0.1) is 16.7 Å². The van der Waals surface area contributed by atoms with Crippen molar-refractivity contribution in [3.05, 3.63) is 35.5 Å². The lowest BCUT2D eigenvalue weighted by atomic mass is 9.55. The smallest absolute Gasteiger partial charge is 0.152 e. The van der Waals surface area contributed by atoms with Crippen LogP contribution < -0.4 is 0 Å². The highest BCUT2D eigenvalue weighted by molar-refractivity contribution is 5.42. The van der Waals surface area contributed by atoms with Crippen molar-refractivity contribution >= 4 is 0 Å². The number of hydrogen-bond acceptors (Lipinski definition) is 2. The van der Waals surface area contributed by atoms with E-state index in [2.05, 4.69) is 52.0 Å².